The summed E-state index contributed by atoms with van der Waals surface area (Å²) in [5.41, 5.74) is 1.90. The third-order valence-corrected chi connectivity index (χ3v) is 8.10. The van der Waals surface area contributed by atoms with E-state index in [0.29, 0.717) is 29.5 Å². The lowest BCUT2D eigenvalue weighted by molar-refractivity contribution is -0.136. The molecular weight excluding hydrogens is 456 g/mol. The molecule has 1 saturated heterocycles. The maximum absolute atomic E-state index is 13.0. The molecule has 0 saturated carbocycles. The molecule has 0 spiro atoms. The van der Waals surface area contributed by atoms with Crippen molar-refractivity contribution in [1.82, 2.24) is 20.0 Å². The van der Waals surface area contributed by atoms with E-state index in [9.17, 15) is 9.59 Å². The molecular formula is C25H31ClN4O2S. The number of nitrogens with one attached hydrogen (secondary N) is 1. The minimum absolute atomic E-state index is 0.0512. The fourth-order valence-corrected chi connectivity index (χ4v) is 5.78. The van der Waals surface area contributed by atoms with Gasteiger partial charge in [-0.15, -0.1) is 11.3 Å². The number of aryl methyl sites for hydroxylation is 1. The number of aromatic nitrogens is 2. The van der Waals surface area contributed by atoms with Crippen molar-refractivity contribution in [2.45, 2.75) is 59.0 Å². The first-order chi connectivity index (χ1) is 15.9. The predicted molar refractivity (Wildman–Crippen MR) is 134 cm³/mol. The summed E-state index contributed by atoms with van der Waals surface area (Å²) < 4.78 is 1.93. The van der Waals surface area contributed by atoms with Crippen LogP contribution in [0.25, 0.3) is 10.2 Å². The van der Waals surface area contributed by atoms with Crippen molar-refractivity contribution in [1.29, 1.82) is 0 Å². The molecule has 2 amide bonds. The summed E-state index contributed by atoms with van der Waals surface area (Å²) in [5, 5.41) is 9.55. The van der Waals surface area contributed by atoms with Crippen LogP contribution in [0, 0.1) is 12.8 Å². The Morgan fingerprint density at radius 1 is 1.21 bits per heavy atom. The molecule has 0 bridgehead atoms. The van der Waals surface area contributed by atoms with Gasteiger partial charge < -0.3 is 10.2 Å². The van der Waals surface area contributed by atoms with E-state index < -0.39 is 0 Å². The van der Waals surface area contributed by atoms with Crippen LogP contribution in [0.15, 0.2) is 30.3 Å². The molecule has 176 valence electrons. The second kappa shape index (κ2) is 10.3. The Labute approximate surface area is 203 Å². The highest BCUT2D eigenvalue weighted by atomic mass is 35.5. The summed E-state index contributed by atoms with van der Waals surface area (Å²) in [6.45, 7) is 8.08. The second-order valence-corrected chi connectivity index (χ2v) is 10.2. The highest BCUT2D eigenvalue weighted by Crippen LogP contribution is 2.30. The number of halogens is 1. The molecule has 3 heterocycles. The van der Waals surface area contributed by atoms with Crippen molar-refractivity contribution in [2.24, 2.45) is 5.92 Å². The van der Waals surface area contributed by atoms with Gasteiger partial charge in [-0.25, -0.2) is 0 Å². The fraction of sp³-hybridized carbons (Fsp3) is 0.480. The molecule has 0 unspecified atom stereocenters. The number of hydrogen-bond donors (Lipinski definition) is 1. The number of carbonyl (C=O) groups is 2. The van der Waals surface area contributed by atoms with E-state index in [2.05, 4.69) is 24.3 Å². The number of hydrogen-bond acceptors (Lipinski definition) is 4. The number of amides is 2. The van der Waals surface area contributed by atoms with E-state index in [1.165, 1.54) is 11.3 Å². The minimum atomic E-state index is -0.0512. The first kappa shape index (κ1) is 23.8. The second-order valence-electron chi connectivity index (χ2n) is 8.75. The van der Waals surface area contributed by atoms with Crippen LogP contribution in [-0.2, 0) is 11.3 Å². The fourth-order valence-electron chi connectivity index (χ4n) is 4.52. The topological polar surface area (TPSA) is 67.2 Å². The lowest BCUT2D eigenvalue weighted by atomic mass is 9.98. The number of rotatable bonds is 7. The van der Waals surface area contributed by atoms with Gasteiger partial charge in [0.2, 0.25) is 5.91 Å². The summed E-state index contributed by atoms with van der Waals surface area (Å²) in [6, 6.07) is 9.77. The summed E-state index contributed by atoms with van der Waals surface area (Å²) in [7, 11) is 0. The van der Waals surface area contributed by atoms with Gasteiger partial charge in [-0.2, -0.15) is 5.10 Å². The number of fused-ring (bicyclic) bond motifs is 1. The average Bonchev–Trinajstić information content (AvgIpc) is 3.38. The lowest BCUT2D eigenvalue weighted by Gasteiger charge is -2.34. The quantitative estimate of drug-likeness (QED) is 0.495. The summed E-state index contributed by atoms with van der Waals surface area (Å²) >= 11 is 7.80. The Balaban J connectivity index is 1.41. The van der Waals surface area contributed by atoms with E-state index in [1.54, 1.807) is 0 Å². The van der Waals surface area contributed by atoms with Crippen molar-refractivity contribution in [3.05, 3.63) is 51.5 Å². The van der Waals surface area contributed by atoms with Gasteiger partial charge in [0.25, 0.3) is 5.91 Å². The van der Waals surface area contributed by atoms with Gasteiger partial charge in [0.15, 0.2) is 0 Å². The smallest absolute Gasteiger partial charge is 0.261 e. The standard InChI is InChI=1S/C25H31ClN4O2S/c1-4-17(5-2)24(32)29-12-10-19(11-13-29)27-23(31)22-14-20-16(3)28-30(25(20)33-22)15-18-8-6-7-9-21(18)26/h6-9,14,17,19H,4-5,10-13,15H2,1-3H3,(H,27,31). The largest absolute Gasteiger partial charge is 0.348 e. The van der Waals surface area contributed by atoms with Crippen LogP contribution in [-0.4, -0.2) is 45.6 Å². The zero-order valence-corrected chi connectivity index (χ0v) is 21.0. The van der Waals surface area contributed by atoms with Gasteiger partial charge in [-0.05, 0) is 50.3 Å². The molecule has 33 heavy (non-hydrogen) atoms. The molecule has 0 atom stereocenters. The lowest BCUT2D eigenvalue weighted by Crippen LogP contribution is -2.47. The van der Waals surface area contributed by atoms with Gasteiger partial charge in [-0.3, -0.25) is 14.3 Å². The average molecular weight is 487 g/mol. The van der Waals surface area contributed by atoms with Gasteiger partial charge in [0, 0.05) is 35.5 Å². The normalized spacial score (nSPS) is 14.9. The van der Waals surface area contributed by atoms with Gasteiger partial charge in [0.05, 0.1) is 17.1 Å². The number of nitrogens with zero attached hydrogens (tertiary/aromatic N) is 3. The molecule has 1 aromatic carbocycles. The highest BCUT2D eigenvalue weighted by Gasteiger charge is 2.28. The van der Waals surface area contributed by atoms with Crippen LogP contribution >= 0.6 is 22.9 Å². The Kier molecular flexibility index (Phi) is 7.39. The first-order valence-corrected chi connectivity index (χ1v) is 12.9. The predicted octanol–water partition coefficient (Wildman–Crippen LogP) is 5.26. The van der Waals surface area contributed by atoms with Crippen LogP contribution in [0.4, 0.5) is 0 Å². The molecule has 0 aliphatic carbocycles. The van der Waals surface area contributed by atoms with Gasteiger partial charge in [0.1, 0.15) is 4.83 Å². The van der Waals surface area contributed by atoms with Crippen molar-refractivity contribution in [2.75, 3.05) is 13.1 Å². The molecule has 6 nitrogen and oxygen atoms in total. The van der Waals surface area contributed by atoms with Crippen molar-refractivity contribution < 1.29 is 9.59 Å². The van der Waals surface area contributed by atoms with E-state index in [0.717, 1.165) is 47.2 Å². The third-order valence-electron chi connectivity index (χ3n) is 6.59. The SMILES string of the molecule is CCC(CC)C(=O)N1CCC(NC(=O)c2cc3c(C)nn(Cc4ccccc4Cl)c3s2)CC1. The van der Waals surface area contributed by atoms with Crippen LogP contribution in [0.3, 0.4) is 0 Å². The highest BCUT2D eigenvalue weighted by molar-refractivity contribution is 7.20. The van der Waals surface area contributed by atoms with Crippen LogP contribution < -0.4 is 5.32 Å². The van der Waals surface area contributed by atoms with E-state index in [-0.39, 0.29) is 23.8 Å². The molecule has 0 radical (unpaired) electrons. The number of carbonyl (C=O) groups excluding carboxylic acids is 2. The Morgan fingerprint density at radius 2 is 1.91 bits per heavy atom. The number of likely N-dealkylation sites (tertiary alicyclic amines) is 1. The Hall–Kier alpha value is -2.38. The van der Waals surface area contributed by atoms with Crippen molar-refractivity contribution in [3.63, 3.8) is 0 Å². The van der Waals surface area contributed by atoms with Gasteiger partial charge in [-0.1, -0.05) is 43.6 Å². The minimum Gasteiger partial charge on any atom is -0.348 e. The van der Waals surface area contributed by atoms with E-state index >= 15 is 0 Å². The summed E-state index contributed by atoms with van der Waals surface area (Å²) in [4.78, 5) is 29.2. The molecule has 1 aliphatic rings. The van der Waals surface area contributed by atoms with Crippen LogP contribution in [0.1, 0.15) is 60.5 Å². The van der Waals surface area contributed by atoms with Crippen molar-refractivity contribution >= 4 is 45.0 Å². The molecule has 2 aromatic heterocycles. The number of benzene rings is 1. The third kappa shape index (κ3) is 5.09. The number of piperidine rings is 1. The monoisotopic (exact) mass is 486 g/mol. The summed E-state index contributed by atoms with van der Waals surface area (Å²) in [5.74, 6) is 0.320. The maximum atomic E-state index is 13.0. The molecule has 3 aromatic rings. The summed E-state index contributed by atoms with van der Waals surface area (Å²) in [6.07, 6.45) is 3.35. The van der Waals surface area contributed by atoms with Crippen molar-refractivity contribution in [3.8, 4) is 0 Å². The van der Waals surface area contributed by atoms with Crippen LogP contribution in [0.5, 0.6) is 0 Å². The Bertz CT molecular complexity index is 1140. The molecule has 1 aliphatic heterocycles. The molecule has 1 N–H and O–H groups in total. The zero-order chi connectivity index (χ0) is 23.5. The van der Waals surface area contributed by atoms with E-state index in [1.807, 2.05) is 46.8 Å². The van der Waals surface area contributed by atoms with Crippen LogP contribution in [0.2, 0.25) is 5.02 Å². The Morgan fingerprint density at radius 3 is 2.58 bits per heavy atom. The molecule has 1 fully saturated rings. The zero-order valence-electron chi connectivity index (χ0n) is 19.4. The van der Waals surface area contributed by atoms with Gasteiger partial charge >= 0.3 is 0 Å². The van der Waals surface area contributed by atoms with E-state index in [4.69, 9.17) is 11.6 Å². The molecule has 4 rings (SSSR count). The maximum Gasteiger partial charge on any atom is 0.261 e. The number of thiophene rings is 1. The molecule has 8 heteroatoms. The first-order valence-electron chi connectivity index (χ1n) is 11.7.